The Morgan fingerprint density at radius 3 is 2.33 bits per heavy atom. The topological polar surface area (TPSA) is 20.2 Å². The number of hydrogen-bond donors (Lipinski definition) is 1. The van der Waals surface area contributed by atoms with Gasteiger partial charge in [0.15, 0.2) is 0 Å². The van der Waals surface area contributed by atoms with Gasteiger partial charge in [0.25, 0.3) is 0 Å². The van der Waals surface area contributed by atoms with E-state index in [1.54, 1.807) is 0 Å². The molecule has 0 heterocycles. The summed E-state index contributed by atoms with van der Waals surface area (Å²) in [4.78, 5) is 0. The highest BCUT2D eigenvalue weighted by Crippen LogP contribution is 2.35. The predicted molar refractivity (Wildman–Crippen MR) is 36.0 cm³/mol. The molecule has 0 radical (unpaired) electrons. The van der Waals surface area contributed by atoms with Crippen LogP contribution in [0.4, 0.5) is 0 Å². The molecule has 0 spiro atoms. The molecule has 0 amide bonds. The van der Waals surface area contributed by atoms with Crippen LogP contribution in [0.1, 0.15) is 19.3 Å². The zero-order valence-corrected chi connectivity index (χ0v) is 5.46. The Morgan fingerprint density at radius 2 is 2.11 bits per heavy atom. The van der Waals surface area contributed by atoms with E-state index in [9.17, 15) is 5.11 Å². The lowest BCUT2D eigenvalue weighted by molar-refractivity contribution is 0.0667. The highest BCUT2D eigenvalue weighted by molar-refractivity contribution is 5.06. The van der Waals surface area contributed by atoms with Gasteiger partial charge in [-0.05, 0) is 25.2 Å². The van der Waals surface area contributed by atoms with Crippen molar-refractivity contribution in [3.63, 3.8) is 0 Å². The molecule has 3 aliphatic carbocycles. The fourth-order valence-corrected chi connectivity index (χ4v) is 1.90. The van der Waals surface area contributed by atoms with Crippen LogP contribution in [0.25, 0.3) is 0 Å². The van der Waals surface area contributed by atoms with Crippen molar-refractivity contribution in [1.29, 1.82) is 0 Å². The summed E-state index contributed by atoms with van der Waals surface area (Å²) in [5.41, 5.74) is 0. The van der Waals surface area contributed by atoms with Gasteiger partial charge in [0, 0.05) is 5.92 Å². The Labute approximate surface area is 55.4 Å². The van der Waals surface area contributed by atoms with E-state index in [-0.39, 0.29) is 6.10 Å². The van der Waals surface area contributed by atoms with Crippen LogP contribution in [0.15, 0.2) is 12.2 Å². The Kier molecular flexibility index (Phi) is 1.12. The van der Waals surface area contributed by atoms with E-state index in [1.807, 2.05) is 0 Å². The Balaban J connectivity index is 2.20. The van der Waals surface area contributed by atoms with Crippen molar-refractivity contribution >= 4 is 0 Å². The summed E-state index contributed by atoms with van der Waals surface area (Å²) >= 11 is 0. The molecule has 1 nitrogen and oxygen atoms in total. The van der Waals surface area contributed by atoms with Gasteiger partial charge in [0.2, 0.25) is 0 Å². The molecule has 0 aromatic rings. The van der Waals surface area contributed by atoms with E-state index in [2.05, 4.69) is 12.2 Å². The molecule has 1 saturated carbocycles. The lowest BCUT2D eigenvalue weighted by atomic mass is 9.74. The summed E-state index contributed by atoms with van der Waals surface area (Å²) in [6.07, 6.45) is 7.96. The van der Waals surface area contributed by atoms with Crippen molar-refractivity contribution in [3.05, 3.63) is 12.2 Å². The summed E-state index contributed by atoms with van der Waals surface area (Å²) < 4.78 is 0. The van der Waals surface area contributed by atoms with Gasteiger partial charge < -0.3 is 5.11 Å². The third-order valence-electron chi connectivity index (χ3n) is 2.54. The number of aliphatic hydroxyl groups is 1. The maximum Gasteiger partial charge on any atom is 0.0608 e. The lowest BCUT2D eigenvalue weighted by Crippen LogP contribution is -2.31. The quantitative estimate of drug-likeness (QED) is 0.483. The first-order valence-electron chi connectivity index (χ1n) is 3.72. The van der Waals surface area contributed by atoms with Crippen molar-refractivity contribution < 1.29 is 5.11 Å². The van der Waals surface area contributed by atoms with Crippen LogP contribution in [-0.4, -0.2) is 11.2 Å². The smallest absolute Gasteiger partial charge is 0.0608 e. The summed E-state index contributed by atoms with van der Waals surface area (Å²) in [6, 6.07) is 0. The molecule has 1 N–H and O–H groups in total. The first-order chi connectivity index (χ1) is 4.36. The van der Waals surface area contributed by atoms with Crippen LogP contribution in [0.3, 0.4) is 0 Å². The molecule has 1 heteroatoms. The van der Waals surface area contributed by atoms with E-state index in [0.717, 1.165) is 6.42 Å². The van der Waals surface area contributed by atoms with Crippen LogP contribution in [0.5, 0.6) is 0 Å². The molecule has 0 aromatic carbocycles. The van der Waals surface area contributed by atoms with Crippen LogP contribution < -0.4 is 0 Å². The predicted octanol–water partition coefficient (Wildman–Crippen LogP) is 1.33. The van der Waals surface area contributed by atoms with Gasteiger partial charge >= 0.3 is 0 Å². The van der Waals surface area contributed by atoms with Gasteiger partial charge in [-0.1, -0.05) is 12.2 Å². The lowest BCUT2D eigenvalue weighted by Gasteiger charge is -2.34. The molecular weight excluding hydrogens is 112 g/mol. The highest BCUT2D eigenvalue weighted by Gasteiger charge is 2.29. The maximum absolute atomic E-state index is 9.35. The minimum absolute atomic E-state index is 0.0197. The molecule has 2 bridgehead atoms. The fourth-order valence-electron chi connectivity index (χ4n) is 1.90. The maximum atomic E-state index is 9.35. The van der Waals surface area contributed by atoms with E-state index in [0.29, 0.717) is 11.8 Å². The van der Waals surface area contributed by atoms with Gasteiger partial charge in [-0.15, -0.1) is 0 Å². The van der Waals surface area contributed by atoms with Crippen molar-refractivity contribution in [2.24, 2.45) is 11.8 Å². The Morgan fingerprint density at radius 1 is 1.22 bits per heavy atom. The van der Waals surface area contributed by atoms with Crippen molar-refractivity contribution in [2.45, 2.75) is 25.4 Å². The van der Waals surface area contributed by atoms with Crippen LogP contribution in [0, 0.1) is 11.8 Å². The number of hydrogen-bond acceptors (Lipinski definition) is 1. The fraction of sp³-hybridized carbons (Fsp3) is 0.750. The van der Waals surface area contributed by atoms with E-state index < -0.39 is 0 Å². The van der Waals surface area contributed by atoms with E-state index >= 15 is 0 Å². The van der Waals surface area contributed by atoms with Crippen molar-refractivity contribution in [3.8, 4) is 0 Å². The normalized spacial score (nSPS) is 47.9. The average molecular weight is 124 g/mol. The van der Waals surface area contributed by atoms with Crippen LogP contribution >= 0.6 is 0 Å². The molecular formula is C8H12O. The SMILES string of the molecule is O[C@H]1C[C@H]2C=C[C@H]1CC2. The van der Waals surface area contributed by atoms with Crippen LogP contribution in [0.2, 0.25) is 0 Å². The Hall–Kier alpha value is -0.300. The number of fused-ring (bicyclic) bond motifs is 2. The average Bonchev–Trinajstić information content (AvgIpc) is 1.90. The zero-order chi connectivity index (χ0) is 6.27. The van der Waals surface area contributed by atoms with Crippen LogP contribution in [-0.2, 0) is 0 Å². The molecule has 0 saturated heterocycles. The summed E-state index contributed by atoms with van der Waals surface area (Å²) in [5.74, 6) is 1.19. The van der Waals surface area contributed by atoms with Crippen molar-refractivity contribution in [1.82, 2.24) is 0 Å². The molecule has 1 fully saturated rings. The number of rotatable bonds is 0. The standard InChI is InChI=1S/C8H12O/c9-8-5-6-1-3-7(8)4-2-6/h1,3,6-9H,2,4-5H2/t6-,7-,8-/m0/s1. The highest BCUT2D eigenvalue weighted by atomic mass is 16.3. The van der Waals surface area contributed by atoms with Gasteiger partial charge in [-0.25, -0.2) is 0 Å². The van der Waals surface area contributed by atoms with Crippen molar-refractivity contribution in [2.75, 3.05) is 0 Å². The molecule has 3 aliphatic rings. The summed E-state index contributed by atoms with van der Waals surface area (Å²) in [6.45, 7) is 0. The van der Waals surface area contributed by atoms with Gasteiger partial charge in [-0.2, -0.15) is 0 Å². The second-order valence-corrected chi connectivity index (χ2v) is 3.19. The second kappa shape index (κ2) is 1.84. The monoisotopic (exact) mass is 124 g/mol. The molecule has 9 heavy (non-hydrogen) atoms. The molecule has 0 aliphatic heterocycles. The first kappa shape index (κ1) is 5.48. The van der Waals surface area contributed by atoms with E-state index in [4.69, 9.17) is 0 Å². The van der Waals surface area contributed by atoms with Gasteiger partial charge in [0.05, 0.1) is 6.10 Å². The van der Waals surface area contributed by atoms with E-state index in [1.165, 1.54) is 12.8 Å². The molecule has 3 rings (SSSR count). The Bertz CT molecular complexity index is 140. The number of aliphatic hydroxyl groups excluding tert-OH is 1. The third kappa shape index (κ3) is 0.799. The molecule has 0 aromatic heterocycles. The van der Waals surface area contributed by atoms with Gasteiger partial charge in [0.1, 0.15) is 0 Å². The zero-order valence-electron chi connectivity index (χ0n) is 5.46. The summed E-state index contributed by atoms with van der Waals surface area (Å²) in [7, 11) is 0. The second-order valence-electron chi connectivity index (χ2n) is 3.19. The van der Waals surface area contributed by atoms with Gasteiger partial charge in [-0.3, -0.25) is 0 Å². The molecule has 50 valence electrons. The molecule has 3 atom stereocenters. The number of allylic oxidation sites excluding steroid dienone is 1. The largest absolute Gasteiger partial charge is 0.392 e. The first-order valence-corrected chi connectivity index (χ1v) is 3.72. The molecule has 0 unspecified atom stereocenters. The minimum Gasteiger partial charge on any atom is -0.392 e. The third-order valence-corrected chi connectivity index (χ3v) is 2.54. The minimum atomic E-state index is -0.0197. The summed E-state index contributed by atoms with van der Waals surface area (Å²) in [5, 5.41) is 9.35.